The minimum atomic E-state index is -0.359. The fraction of sp³-hybridized carbons (Fsp3) is 0.143. The third-order valence-corrected chi connectivity index (χ3v) is 2.60. The Kier molecular flexibility index (Phi) is 2.73. The summed E-state index contributed by atoms with van der Waals surface area (Å²) in [5, 5.41) is 3.16. The quantitative estimate of drug-likeness (QED) is 0.741. The summed E-state index contributed by atoms with van der Waals surface area (Å²) in [7, 11) is 1.71. The Morgan fingerprint density at radius 1 is 1.55 bits per heavy atom. The first kappa shape index (κ1) is 8.81. The molecule has 0 saturated heterocycles. The first-order valence-corrected chi connectivity index (χ1v) is 4.14. The molecule has 0 aliphatic heterocycles. The second kappa shape index (κ2) is 3.41. The van der Waals surface area contributed by atoms with Gasteiger partial charge in [0.1, 0.15) is 5.82 Å². The molecule has 0 aromatic heterocycles. The van der Waals surface area contributed by atoms with Crippen LogP contribution in [0.4, 0.5) is 10.1 Å². The highest BCUT2D eigenvalue weighted by atomic mass is 79.9. The molecule has 1 nitrogen and oxygen atoms in total. The number of benzene rings is 1. The van der Waals surface area contributed by atoms with Gasteiger partial charge < -0.3 is 5.32 Å². The Morgan fingerprint density at radius 2 is 2.18 bits per heavy atom. The zero-order valence-corrected chi connectivity index (χ0v) is 8.13. The SMILES string of the molecule is CNc1cc(F)c(Br)c(Cl)c1. The average molecular weight is 238 g/mol. The Morgan fingerprint density at radius 3 is 2.64 bits per heavy atom. The van der Waals surface area contributed by atoms with Crippen molar-refractivity contribution in [3.05, 3.63) is 27.4 Å². The average Bonchev–Trinajstić information content (AvgIpc) is 1.99. The van der Waals surface area contributed by atoms with Crippen molar-refractivity contribution in [3.8, 4) is 0 Å². The van der Waals surface area contributed by atoms with Crippen molar-refractivity contribution < 1.29 is 4.39 Å². The molecule has 1 aromatic carbocycles. The molecule has 11 heavy (non-hydrogen) atoms. The molecule has 1 aromatic rings. The lowest BCUT2D eigenvalue weighted by Gasteiger charge is -2.02. The van der Waals surface area contributed by atoms with Gasteiger partial charge in [-0.15, -0.1) is 0 Å². The Balaban J connectivity index is 3.21. The molecular formula is C7H6BrClFN. The first-order valence-electron chi connectivity index (χ1n) is 2.97. The lowest BCUT2D eigenvalue weighted by Crippen LogP contribution is -1.89. The van der Waals surface area contributed by atoms with E-state index in [0.717, 1.165) is 0 Å². The zero-order valence-electron chi connectivity index (χ0n) is 5.79. The van der Waals surface area contributed by atoms with Crippen LogP contribution in [0.5, 0.6) is 0 Å². The van der Waals surface area contributed by atoms with Crippen molar-refractivity contribution in [2.24, 2.45) is 0 Å². The van der Waals surface area contributed by atoms with E-state index < -0.39 is 0 Å². The minimum Gasteiger partial charge on any atom is -0.388 e. The topological polar surface area (TPSA) is 12.0 Å². The first-order chi connectivity index (χ1) is 5.15. The predicted octanol–water partition coefficient (Wildman–Crippen LogP) is 3.28. The summed E-state index contributed by atoms with van der Waals surface area (Å²) in [5.74, 6) is -0.359. The van der Waals surface area contributed by atoms with E-state index in [-0.39, 0.29) is 5.82 Å². The number of nitrogens with one attached hydrogen (secondary N) is 1. The lowest BCUT2D eigenvalue weighted by molar-refractivity contribution is 0.622. The number of halogens is 3. The van der Waals surface area contributed by atoms with Crippen LogP contribution in [0, 0.1) is 5.82 Å². The summed E-state index contributed by atoms with van der Waals surface area (Å²) in [4.78, 5) is 0. The number of hydrogen-bond acceptors (Lipinski definition) is 1. The van der Waals surface area contributed by atoms with E-state index in [2.05, 4.69) is 21.2 Å². The van der Waals surface area contributed by atoms with E-state index in [1.807, 2.05) is 0 Å². The molecule has 0 spiro atoms. The van der Waals surface area contributed by atoms with Crippen molar-refractivity contribution in [2.45, 2.75) is 0 Å². The molecule has 0 radical (unpaired) electrons. The molecule has 0 amide bonds. The van der Waals surface area contributed by atoms with Crippen molar-refractivity contribution in [3.63, 3.8) is 0 Å². The minimum absolute atomic E-state index is 0.304. The standard InChI is InChI=1S/C7H6BrClFN/c1-11-4-2-5(9)7(8)6(10)3-4/h2-3,11H,1H3. The molecule has 0 aliphatic rings. The second-order valence-electron chi connectivity index (χ2n) is 2.00. The number of rotatable bonds is 1. The molecule has 1 rings (SSSR count). The summed E-state index contributed by atoms with van der Waals surface area (Å²) in [6, 6.07) is 3.02. The third-order valence-electron chi connectivity index (χ3n) is 1.27. The maximum Gasteiger partial charge on any atom is 0.140 e. The second-order valence-corrected chi connectivity index (χ2v) is 3.20. The van der Waals surface area contributed by atoms with Crippen LogP contribution in [-0.2, 0) is 0 Å². The van der Waals surface area contributed by atoms with Gasteiger partial charge in [-0.1, -0.05) is 11.6 Å². The van der Waals surface area contributed by atoms with Crippen LogP contribution in [0.3, 0.4) is 0 Å². The highest BCUT2D eigenvalue weighted by Gasteiger charge is 2.04. The van der Waals surface area contributed by atoms with Crippen LogP contribution in [0.2, 0.25) is 5.02 Å². The van der Waals surface area contributed by atoms with Gasteiger partial charge in [0.05, 0.1) is 9.50 Å². The van der Waals surface area contributed by atoms with E-state index in [4.69, 9.17) is 11.6 Å². The Labute approximate surface area is 77.7 Å². The van der Waals surface area contributed by atoms with Crippen LogP contribution in [0.25, 0.3) is 0 Å². The van der Waals surface area contributed by atoms with Gasteiger partial charge in [0.15, 0.2) is 0 Å². The normalized spacial score (nSPS) is 9.82. The molecule has 1 N–H and O–H groups in total. The predicted molar refractivity (Wildman–Crippen MR) is 48.7 cm³/mol. The summed E-state index contributed by atoms with van der Waals surface area (Å²) in [5.41, 5.74) is 0.663. The van der Waals surface area contributed by atoms with Crippen LogP contribution >= 0.6 is 27.5 Å². The molecule has 0 unspecified atom stereocenters. The van der Waals surface area contributed by atoms with Crippen LogP contribution in [0.15, 0.2) is 16.6 Å². The molecule has 0 atom stereocenters. The maximum absolute atomic E-state index is 12.9. The van der Waals surface area contributed by atoms with Gasteiger partial charge in [-0.05, 0) is 28.1 Å². The van der Waals surface area contributed by atoms with Crippen molar-refractivity contribution in [1.29, 1.82) is 0 Å². The summed E-state index contributed by atoms with van der Waals surface area (Å²) >= 11 is 8.68. The lowest BCUT2D eigenvalue weighted by atomic mass is 10.3. The highest BCUT2D eigenvalue weighted by molar-refractivity contribution is 9.10. The van der Waals surface area contributed by atoms with E-state index >= 15 is 0 Å². The van der Waals surface area contributed by atoms with E-state index in [9.17, 15) is 4.39 Å². The third kappa shape index (κ3) is 1.84. The monoisotopic (exact) mass is 237 g/mol. The summed E-state index contributed by atoms with van der Waals surface area (Å²) in [6.45, 7) is 0. The van der Waals surface area contributed by atoms with Gasteiger partial charge in [0.25, 0.3) is 0 Å². The Bertz CT molecular complexity index is 254. The molecule has 0 heterocycles. The van der Waals surface area contributed by atoms with E-state index in [1.165, 1.54) is 6.07 Å². The number of hydrogen-bond donors (Lipinski definition) is 1. The van der Waals surface area contributed by atoms with Crippen LogP contribution in [-0.4, -0.2) is 7.05 Å². The zero-order chi connectivity index (χ0) is 8.43. The van der Waals surface area contributed by atoms with Crippen LogP contribution < -0.4 is 5.32 Å². The summed E-state index contributed by atoms with van der Waals surface area (Å²) < 4.78 is 13.2. The van der Waals surface area contributed by atoms with Gasteiger partial charge in [0.2, 0.25) is 0 Å². The van der Waals surface area contributed by atoms with Gasteiger partial charge in [0, 0.05) is 12.7 Å². The van der Waals surface area contributed by atoms with Crippen molar-refractivity contribution in [2.75, 3.05) is 12.4 Å². The van der Waals surface area contributed by atoms with Gasteiger partial charge in [-0.25, -0.2) is 4.39 Å². The summed E-state index contributed by atoms with van der Waals surface area (Å²) in [6.07, 6.45) is 0. The smallest absolute Gasteiger partial charge is 0.140 e. The number of anilines is 1. The largest absolute Gasteiger partial charge is 0.388 e. The maximum atomic E-state index is 12.9. The van der Waals surface area contributed by atoms with Crippen molar-refractivity contribution in [1.82, 2.24) is 0 Å². The van der Waals surface area contributed by atoms with Gasteiger partial charge >= 0.3 is 0 Å². The molecule has 4 heteroatoms. The highest BCUT2D eigenvalue weighted by Crippen LogP contribution is 2.28. The van der Waals surface area contributed by atoms with Gasteiger partial charge in [-0.2, -0.15) is 0 Å². The van der Waals surface area contributed by atoms with Crippen molar-refractivity contribution >= 4 is 33.2 Å². The molecular weight excluding hydrogens is 232 g/mol. The van der Waals surface area contributed by atoms with E-state index in [1.54, 1.807) is 13.1 Å². The molecule has 0 fully saturated rings. The Hall–Kier alpha value is -0.280. The van der Waals surface area contributed by atoms with Gasteiger partial charge in [-0.3, -0.25) is 0 Å². The van der Waals surface area contributed by atoms with E-state index in [0.29, 0.717) is 15.2 Å². The fourth-order valence-corrected chi connectivity index (χ4v) is 1.14. The fourth-order valence-electron chi connectivity index (χ4n) is 0.700. The molecule has 0 saturated carbocycles. The molecule has 60 valence electrons. The molecule has 0 bridgehead atoms. The molecule has 0 aliphatic carbocycles. The van der Waals surface area contributed by atoms with Crippen LogP contribution in [0.1, 0.15) is 0 Å².